The zero-order valence-electron chi connectivity index (χ0n) is 14.2. The predicted molar refractivity (Wildman–Crippen MR) is 96.1 cm³/mol. The predicted octanol–water partition coefficient (Wildman–Crippen LogP) is 3.44. The second-order valence-corrected chi connectivity index (χ2v) is 9.20. The third-order valence-electron chi connectivity index (χ3n) is 3.03. The largest absolute Gasteiger partial charge is 0.350 e. The average Bonchev–Trinajstić information content (AvgIpc) is 2.36. The number of nitrogens with one attached hydrogen (secondary N) is 2. The molecule has 0 aromatic heterocycles. The van der Waals surface area contributed by atoms with Crippen LogP contribution in [0.4, 0.5) is 0 Å². The molecule has 1 aromatic rings. The van der Waals surface area contributed by atoms with Crippen LogP contribution in [0, 0.1) is 0 Å². The summed E-state index contributed by atoms with van der Waals surface area (Å²) in [7, 11) is -3.68. The molecule has 7 heteroatoms. The molecule has 0 saturated carbocycles. The Morgan fingerprint density at radius 1 is 1.30 bits per heavy atom. The highest BCUT2D eigenvalue weighted by molar-refractivity contribution is 9.10. The van der Waals surface area contributed by atoms with Crippen LogP contribution in [0.5, 0.6) is 0 Å². The zero-order valence-corrected chi connectivity index (χ0v) is 16.6. The smallest absolute Gasteiger partial charge is 0.252 e. The molecule has 0 unspecified atom stereocenters. The first kappa shape index (κ1) is 20.1. The SMILES string of the molecule is CCC[C@H](C)NC(=O)c1cc(S(=O)(=O)NC(C)(C)C)ccc1Br. The van der Waals surface area contributed by atoms with Crippen molar-refractivity contribution < 1.29 is 13.2 Å². The normalized spacial score (nSPS) is 13.7. The van der Waals surface area contributed by atoms with Crippen LogP contribution in [0.2, 0.25) is 0 Å². The second kappa shape index (κ2) is 7.77. The fraction of sp³-hybridized carbons (Fsp3) is 0.562. The Morgan fingerprint density at radius 2 is 1.91 bits per heavy atom. The summed E-state index contributed by atoms with van der Waals surface area (Å²) in [6.45, 7) is 9.28. The van der Waals surface area contributed by atoms with Gasteiger partial charge in [-0.3, -0.25) is 4.79 Å². The lowest BCUT2D eigenvalue weighted by Gasteiger charge is -2.21. The van der Waals surface area contributed by atoms with Crippen molar-refractivity contribution in [2.24, 2.45) is 0 Å². The van der Waals surface area contributed by atoms with Gasteiger partial charge in [-0.25, -0.2) is 13.1 Å². The Bertz CT molecular complexity index is 666. The monoisotopic (exact) mass is 404 g/mol. The zero-order chi connectivity index (χ0) is 17.8. The summed E-state index contributed by atoms with van der Waals surface area (Å²) < 4.78 is 27.9. The summed E-state index contributed by atoms with van der Waals surface area (Å²) >= 11 is 3.31. The van der Waals surface area contributed by atoms with Crippen molar-refractivity contribution in [1.82, 2.24) is 10.0 Å². The van der Waals surface area contributed by atoms with Gasteiger partial charge in [0.1, 0.15) is 0 Å². The molecule has 0 aliphatic carbocycles. The van der Waals surface area contributed by atoms with Crippen molar-refractivity contribution in [3.63, 3.8) is 0 Å². The third-order valence-corrected chi connectivity index (χ3v) is 5.48. The Hall–Kier alpha value is -0.920. The van der Waals surface area contributed by atoms with E-state index in [1.165, 1.54) is 12.1 Å². The molecule has 0 radical (unpaired) electrons. The lowest BCUT2D eigenvalue weighted by atomic mass is 10.1. The molecule has 0 heterocycles. The highest BCUT2D eigenvalue weighted by Crippen LogP contribution is 2.22. The first-order valence-corrected chi connectivity index (χ1v) is 9.88. The van der Waals surface area contributed by atoms with Gasteiger partial charge in [-0.1, -0.05) is 13.3 Å². The molecule has 1 aromatic carbocycles. The van der Waals surface area contributed by atoms with Crippen LogP contribution in [0.3, 0.4) is 0 Å². The lowest BCUT2D eigenvalue weighted by Crippen LogP contribution is -2.40. The van der Waals surface area contributed by atoms with E-state index in [2.05, 4.69) is 26.0 Å². The van der Waals surface area contributed by atoms with Gasteiger partial charge in [-0.15, -0.1) is 0 Å². The minimum atomic E-state index is -3.68. The van der Waals surface area contributed by atoms with Gasteiger partial charge in [0, 0.05) is 16.1 Å². The van der Waals surface area contributed by atoms with E-state index < -0.39 is 15.6 Å². The number of benzene rings is 1. The van der Waals surface area contributed by atoms with Crippen LogP contribution in [0.15, 0.2) is 27.6 Å². The molecule has 0 aliphatic rings. The first-order chi connectivity index (χ1) is 10.5. The third kappa shape index (κ3) is 6.24. The lowest BCUT2D eigenvalue weighted by molar-refractivity contribution is 0.0937. The van der Waals surface area contributed by atoms with Crippen molar-refractivity contribution in [3.05, 3.63) is 28.2 Å². The average molecular weight is 405 g/mol. The van der Waals surface area contributed by atoms with E-state index in [1.807, 2.05) is 13.8 Å². The molecule has 1 atom stereocenters. The summed E-state index contributed by atoms with van der Waals surface area (Å²) in [4.78, 5) is 12.4. The van der Waals surface area contributed by atoms with E-state index in [0.717, 1.165) is 12.8 Å². The van der Waals surface area contributed by atoms with Crippen LogP contribution >= 0.6 is 15.9 Å². The number of halogens is 1. The quantitative estimate of drug-likeness (QED) is 0.761. The van der Waals surface area contributed by atoms with Gasteiger partial charge in [0.15, 0.2) is 0 Å². The van der Waals surface area contributed by atoms with E-state index in [4.69, 9.17) is 0 Å². The Balaban J connectivity index is 3.11. The Labute approximate surface area is 147 Å². The van der Waals surface area contributed by atoms with Crippen molar-refractivity contribution >= 4 is 31.9 Å². The van der Waals surface area contributed by atoms with E-state index in [1.54, 1.807) is 26.8 Å². The van der Waals surface area contributed by atoms with Crippen LogP contribution < -0.4 is 10.0 Å². The summed E-state index contributed by atoms with van der Waals surface area (Å²) in [5.74, 6) is -0.286. The highest BCUT2D eigenvalue weighted by atomic mass is 79.9. The highest BCUT2D eigenvalue weighted by Gasteiger charge is 2.24. The minimum Gasteiger partial charge on any atom is -0.350 e. The summed E-state index contributed by atoms with van der Waals surface area (Å²) in [5.41, 5.74) is -0.283. The maximum Gasteiger partial charge on any atom is 0.252 e. The summed E-state index contributed by atoms with van der Waals surface area (Å²) in [5, 5.41) is 2.88. The molecular weight excluding hydrogens is 380 g/mol. The number of carbonyl (C=O) groups is 1. The second-order valence-electron chi connectivity index (χ2n) is 6.66. The van der Waals surface area contributed by atoms with E-state index in [9.17, 15) is 13.2 Å². The standard InChI is InChI=1S/C16H25BrN2O3S/c1-6-7-11(2)18-15(20)13-10-12(8-9-14(13)17)23(21,22)19-16(3,4)5/h8-11,19H,6-7H2,1-5H3,(H,18,20)/t11-/m0/s1. The molecule has 0 spiro atoms. The number of sulfonamides is 1. The number of amides is 1. The van der Waals surface area contributed by atoms with Crippen molar-refractivity contribution in [2.45, 2.75) is 63.9 Å². The molecule has 2 N–H and O–H groups in total. The molecule has 0 bridgehead atoms. The van der Waals surface area contributed by atoms with E-state index in [-0.39, 0.29) is 16.8 Å². The fourth-order valence-electron chi connectivity index (χ4n) is 2.11. The van der Waals surface area contributed by atoms with Gasteiger partial charge in [0.05, 0.1) is 10.5 Å². The topological polar surface area (TPSA) is 75.3 Å². The van der Waals surface area contributed by atoms with Gasteiger partial charge < -0.3 is 5.32 Å². The molecule has 1 amide bonds. The van der Waals surface area contributed by atoms with Gasteiger partial charge in [0.25, 0.3) is 5.91 Å². The summed E-state index contributed by atoms with van der Waals surface area (Å²) in [6, 6.07) is 4.49. The maximum atomic E-state index is 12.4. The van der Waals surface area contributed by atoms with Crippen molar-refractivity contribution in [1.29, 1.82) is 0 Å². The fourth-order valence-corrected chi connectivity index (χ4v) is 3.99. The molecule has 1 rings (SSSR count). The minimum absolute atomic E-state index is 0.0346. The van der Waals surface area contributed by atoms with Gasteiger partial charge in [0.2, 0.25) is 10.0 Å². The van der Waals surface area contributed by atoms with Crippen LogP contribution in [0.1, 0.15) is 57.8 Å². The molecule has 0 fully saturated rings. The Kier molecular flexibility index (Phi) is 6.80. The molecule has 0 saturated heterocycles. The van der Waals surface area contributed by atoms with Gasteiger partial charge in [-0.2, -0.15) is 0 Å². The molecule has 130 valence electrons. The van der Waals surface area contributed by atoms with Crippen LogP contribution in [0.25, 0.3) is 0 Å². The molecule has 0 aliphatic heterocycles. The van der Waals surface area contributed by atoms with Gasteiger partial charge in [-0.05, 0) is 68.2 Å². The van der Waals surface area contributed by atoms with E-state index >= 15 is 0 Å². The van der Waals surface area contributed by atoms with Crippen molar-refractivity contribution in [3.8, 4) is 0 Å². The van der Waals surface area contributed by atoms with Crippen LogP contribution in [-0.2, 0) is 10.0 Å². The molecular formula is C16H25BrN2O3S. The van der Waals surface area contributed by atoms with Crippen molar-refractivity contribution in [2.75, 3.05) is 0 Å². The molecule has 5 nitrogen and oxygen atoms in total. The summed E-state index contributed by atoms with van der Waals surface area (Å²) in [6.07, 6.45) is 1.83. The van der Waals surface area contributed by atoms with Gasteiger partial charge >= 0.3 is 0 Å². The Morgan fingerprint density at radius 3 is 2.43 bits per heavy atom. The number of carbonyl (C=O) groups excluding carboxylic acids is 1. The maximum absolute atomic E-state index is 12.4. The number of hydrogen-bond acceptors (Lipinski definition) is 3. The number of rotatable bonds is 6. The van der Waals surface area contributed by atoms with E-state index in [0.29, 0.717) is 10.0 Å². The number of hydrogen-bond donors (Lipinski definition) is 2. The molecule has 23 heavy (non-hydrogen) atoms. The first-order valence-electron chi connectivity index (χ1n) is 7.60. The van der Waals surface area contributed by atoms with Crippen LogP contribution in [-0.4, -0.2) is 25.9 Å².